The van der Waals surface area contributed by atoms with Crippen molar-refractivity contribution in [3.63, 3.8) is 0 Å². The number of aldehydes is 1. The van der Waals surface area contributed by atoms with Gasteiger partial charge in [0.2, 0.25) is 0 Å². The molecule has 0 amide bonds. The van der Waals surface area contributed by atoms with Crippen molar-refractivity contribution in [1.82, 2.24) is 0 Å². The molecule has 0 unspecified atom stereocenters. The zero-order valence-corrected chi connectivity index (χ0v) is 7.71. The number of hydrogen-bond acceptors (Lipinski definition) is 3. The fourth-order valence-electron chi connectivity index (χ4n) is 1.71. The smallest absolute Gasteiger partial charge is 0.167 e. The summed E-state index contributed by atoms with van der Waals surface area (Å²) in [5, 5.41) is 0. The van der Waals surface area contributed by atoms with Crippen LogP contribution in [0.15, 0.2) is 0 Å². The lowest BCUT2D eigenvalue weighted by atomic mass is 9.86. The number of ether oxygens (including phenoxy) is 2. The Kier molecular flexibility index (Phi) is 3.23. The molecule has 70 valence electrons. The van der Waals surface area contributed by atoms with E-state index in [1.807, 2.05) is 0 Å². The first-order valence-corrected chi connectivity index (χ1v) is 4.32. The van der Waals surface area contributed by atoms with Gasteiger partial charge in [-0.1, -0.05) is 0 Å². The molecule has 0 aromatic heterocycles. The molecule has 1 aliphatic rings. The van der Waals surface area contributed by atoms with Gasteiger partial charge in [-0.05, 0) is 12.8 Å². The van der Waals surface area contributed by atoms with Crippen LogP contribution >= 0.6 is 0 Å². The van der Waals surface area contributed by atoms with Gasteiger partial charge in [0.25, 0.3) is 0 Å². The van der Waals surface area contributed by atoms with Crippen molar-refractivity contribution in [2.24, 2.45) is 5.92 Å². The Labute approximate surface area is 73.0 Å². The van der Waals surface area contributed by atoms with Gasteiger partial charge in [0.15, 0.2) is 5.79 Å². The van der Waals surface area contributed by atoms with Crippen LogP contribution in [0.25, 0.3) is 0 Å². The molecule has 0 saturated heterocycles. The minimum atomic E-state index is -0.417. The first kappa shape index (κ1) is 9.68. The van der Waals surface area contributed by atoms with E-state index in [-0.39, 0.29) is 5.92 Å². The van der Waals surface area contributed by atoms with Gasteiger partial charge in [-0.25, -0.2) is 0 Å². The van der Waals surface area contributed by atoms with Crippen LogP contribution in [0, 0.1) is 5.92 Å². The van der Waals surface area contributed by atoms with Crippen LogP contribution in [-0.4, -0.2) is 26.3 Å². The van der Waals surface area contributed by atoms with Crippen molar-refractivity contribution >= 4 is 6.29 Å². The van der Waals surface area contributed by atoms with Crippen molar-refractivity contribution in [3.05, 3.63) is 0 Å². The van der Waals surface area contributed by atoms with Crippen LogP contribution in [0.2, 0.25) is 0 Å². The molecule has 0 aliphatic heterocycles. The number of rotatable bonds is 3. The molecule has 0 aromatic carbocycles. The zero-order valence-electron chi connectivity index (χ0n) is 7.71. The summed E-state index contributed by atoms with van der Waals surface area (Å²) in [5.41, 5.74) is 0. The molecule has 3 nitrogen and oxygen atoms in total. The van der Waals surface area contributed by atoms with Gasteiger partial charge in [-0.15, -0.1) is 0 Å². The van der Waals surface area contributed by atoms with Crippen molar-refractivity contribution in [1.29, 1.82) is 0 Å². The normalized spacial score (nSPS) is 23.8. The largest absolute Gasteiger partial charge is 0.353 e. The van der Waals surface area contributed by atoms with E-state index in [1.165, 1.54) is 0 Å². The van der Waals surface area contributed by atoms with Gasteiger partial charge in [-0.3, -0.25) is 0 Å². The maximum Gasteiger partial charge on any atom is 0.167 e. The molecule has 0 radical (unpaired) electrons. The summed E-state index contributed by atoms with van der Waals surface area (Å²) in [7, 11) is 3.31. The van der Waals surface area contributed by atoms with Crippen LogP contribution in [0.5, 0.6) is 0 Å². The van der Waals surface area contributed by atoms with Gasteiger partial charge >= 0.3 is 0 Å². The van der Waals surface area contributed by atoms with Gasteiger partial charge < -0.3 is 14.3 Å². The van der Waals surface area contributed by atoms with Crippen molar-refractivity contribution < 1.29 is 14.3 Å². The molecule has 0 heterocycles. The second kappa shape index (κ2) is 4.01. The Hall–Kier alpha value is -0.410. The van der Waals surface area contributed by atoms with E-state index in [1.54, 1.807) is 14.2 Å². The third-order valence-corrected chi connectivity index (χ3v) is 2.73. The highest BCUT2D eigenvalue weighted by Gasteiger charge is 2.34. The molecule has 0 bridgehead atoms. The molecule has 1 rings (SSSR count). The van der Waals surface area contributed by atoms with Crippen LogP contribution in [0.4, 0.5) is 0 Å². The standard InChI is InChI=1S/C9H16O3/c1-11-9(12-2)5-3-8(7-10)4-6-9/h7-8H,3-6H2,1-2H3. The Balaban J connectivity index is 2.47. The van der Waals surface area contributed by atoms with Gasteiger partial charge in [0.05, 0.1) is 0 Å². The Morgan fingerprint density at radius 1 is 1.25 bits per heavy atom. The highest BCUT2D eigenvalue weighted by molar-refractivity contribution is 5.53. The second-order valence-corrected chi connectivity index (χ2v) is 3.29. The first-order chi connectivity index (χ1) is 5.76. The summed E-state index contributed by atoms with van der Waals surface area (Å²) in [5.74, 6) is -0.206. The maximum atomic E-state index is 10.5. The summed E-state index contributed by atoms with van der Waals surface area (Å²) < 4.78 is 10.6. The molecule has 0 N–H and O–H groups in total. The van der Waals surface area contributed by atoms with Crippen molar-refractivity contribution in [2.75, 3.05) is 14.2 Å². The number of carbonyl (C=O) groups is 1. The second-order valence-electron chi connectivity index (χ2n) is 3.29. The average Bonchev–Trinajstić information content (AvgIpc) is 2.18. The van der Waals surface area contributed by atoms with Crippen molar-refractivity contribution in [2.45, 2.75) is 31.5 Å². The highest BCUT2D eigenvalue weighted by Crippen LogP contribution is 2.33. The van der Waals surface area contributed by atoms with Crippen LogP contribution in [-0.2, 0) is 14.3 Å². The molecule has 1 aliphatic carbocycles. The third-order valence-electron chi connectivity index (χ3n) is 2.73. The van der Waals surface area contributed by atoms with Gasteiger partial charge in [-0.2, -0.15) is 0 Å². The SMILES string of the molecule is COC1(OC)CCC(C=O)CC1. The minimum absolute atomic E-state index is 0.212. The molecule has 0 atom stereocenters. The van der Waals surface area contributed by atoms with Gasteiger partial charge in [0, 0.05) is 33.0 Å². The van der Waals surface area contributed by atoms with E-state index in [9.17, 15) is 4.79 Å². The minimum Gasteiger partial charge on any atom is -0.353 e. The summed E-state index contributed by atoms with van der Waals surface area (Å²) in [6.45, 7) is 0. The fourth-order valence-corrected chi connectivity index (χ4v) is 1.71. The number of hydrogen-bond donors (Lipinski definition) is 0. The molecule has 0 aromatic rings. The van der Waals surface area contributed by atoms with Crippen molar-refractivity contribution in [3.8, 4) is 0 Å². The lowest BCUT2D eigenvalue weighted by molar-refractivity contribution is -0.226. The quantitative estimate of drug-likeness (QED) is 0.476. The summed E-state index contributed by atoms with van der Waals surface area (Å²) >= 11 is 0. The lowest BCUT2D eigenvalue weighted by Gasteiger charge is -2.36. The Morgan fingerprint density at radius 2 is 1.75 bits per heavy atom. The van der Waals surface area contributed by atoms with E-state index >= 15 is 0 Å². The topological polar surface area (TPSA) is 35.5 Å². The molecule has 12 heavy (non-hydrogen) atoms. The van der Waals surface area contributed by atoms with E-state index < -0.39 is 5.79 Å². The molecule has 3 heteroatoms. The molecule has 1 saturated carbocycles. The third kappa shape index (κ3) is 1.84. The molecular weight excluding hydrogens is 156 g/mol. The van der Waals surface area contributed by atoms with E-state index in [4.69, 9.17) is 9.47 Å². The summed E-state index contributed by atoms with van der Waals surface area (Å²) in [4.78, 5) is 10.5. The average molecular weight is 172 g/mol. The Morgan fingerprint density at radius 3 is 2.08 bits per heavy atom. The van der Waals surface area contributed by atoms with Gasteiger partial charge in [0.1, 0.15) is 6.29 Å². The van der Waals surface area contributed by atoms with E-state index in [2.05, 4.69) is 0 Å². The predicted octanol–water partition coefficient (Wildman–Crippen LogP) is 1.36. The number of carbonyl (C=O) groups excluding carboxylic acids is 1. The van der Waals surface area contributed by atoms with Crippen LogP contribution in [0.3, 0.4) is 0 Å². The Bertz CT molecular complexity index is 142. The predicted molar refractivity (Wildman–Crippen MR) is 44.8 cm³/mol. The lowest BCUT2D eigenvalue weighted by Crippen LogP contribution is -2.38. The zero-order chi connectivity index (χ0) is 9.03. The van der Waals surface area contributed by atoms with Crippen LogP contribution < -0.4 is 0 Å². The summed E-state index contributed by atoms with van der Waals surface area (Å²) in [6.07, 6.45) is 4.44. The molecule has 0 spiro atoms. The van der Waals surface area contributed by atoms with E-state index in [0.29, 0.717) is 0 Å². The summed E-state index contributed by atoms with van der Waals surface area (Å²) in [6, 6.07) is 0. The monoisotopic (exact) mass is 172 g/mol. The number of methoxy groups -OCH3 is 2. The van der Waals surface area contributed by atoms with Crippen LogP contribution in [0.1, 0.15) is 25.7 Å². The fraction of sp³-hybridized carbons (Fsp3) is 0.889. The highest BCUT2D eigenvalue weighted by atomic mass is 16.7. The molecular formula is C9H16O3. The molecule has 1 fully saturated rings. The van der Waals surface area contributed by atoms with E-state index in [0.717, 1.165) is 32.0 Å². The maximum absolute atomic E-state index is 10.5. The first-order valence-electron chi connectivity index (χ1n) is 4.32.